The minimum Gasteiger partial charge on any atom is -0.450 e. The minimum absolute atomic E-state index is 0.225. The number of carbonyl (C=O) groups is 1. The number of hydrogen-bond acceptors (Lipinski definition) is 4. The Bertz CT molecular complexity index is 941. The fourth-order valence-corrected chi connectivity index (χ4v) is 4.30. The van der Waals surface area contributed by atoms with Crippen LogP contribution in [0.4, 0.5) is 4.79 Å². The number of aliphatic hydroxyl groups is 1. The highest BCUT2D eigenvalue weighted by molar-refractivity contribution is 6.30. The number of nitrogens with zero attached hydrogens (tertiary/aromatic N) is 2. The van der Waals surface area contributed by atoms with Gasteiger partial charge in [0.05, 0.1) is 24.9 Å². The van der Waals surface area contributed by atoms with E-state index < -0.39 is 6.10 Å². The van der Waals surface area contributed by atoms with Crippen LogP contribution in [0.5, 0.6) is 0 Å². The van der Waals surface area contributed by atoms with Crippen molar-refractivity contribution in [3.05, 3.63) is 69.5 Å². The molecule has 28 heavy (non-hydrogen) atoms. The molecule has 1 aliphatic heterocycles. The van der Waals surface area contributed by atoms with E-state index in [1.165, 1.54) is 0 Å². The number of likely N-dealkylation sites (tertiary alicyclic amines) is 1. The molecular weight excluding hydrogens is 376 g/mol. The quantitative estimate of drug-likeness (QED) is 0.792. The Morgan fingerprint density at radius 3 is 2.89 bits per heavy atom. The molecule has 4 rings (SSSR count). The second-order valence-electron chi connectivity index (χ2n) is 7.12. The van der Waals surface area contributed by atoms with Gasteiger partial charge in [-0.1, -0.05) is 23.7 Å². The monoisotopic (exact) mass is 398 g/mol. The van der Waals surface area contributed by atoms with Gasteiger partial charge in [0.25, 0.3) is 0 Å². The van der Waals surface area contributed by atoms with Crippen molar-refractivity contribution in [1.82, 2.24) is 9.88 Å². The van der Waals surface area contributed by atoms with E-state index in [1.807, 2.05) is 24.3 Å². The van der Waals surface area contributed by atoms with E-state index >= 15 is 0 Å². The van der Waals surface area contributed by atoms with Gasteiger partial charge >= 0.3 is 6.09 Å². The van der Waals surface area contributed by atoms with E-state index in [2.05, 4.69) is 11.1 Å². The standard InChI is InChI=1S/C22H23ClN2O3/c1-2-28-22(27)25-11-9-18(19(26)13-25)20-17-8-7-16(23)12-15(17)6-5-14-4-3-10-24-21(14)20/h3-4,7-8,10,12,19,26H,2,5-6,9,11,13H2,1H3/b20-18+. The molecule has 146 valence electrons. The van der Waals surface area contributed by atoms with Gasteiger partial charge in [-0.15, -0.1) is 0 Å². The SMILES string of the molecule is CCOC(=O)N1CC/C(=C2/c3ccc(Cl)cc3CCc3cccnc32)C(O)C1. The molecule has 1 saturated heterocycles. The fraction of sp³-hybridized carbons (Fsp3) is 0.364. The number of amides is 1. The third-order valence-electron chi connectivity index (χ3n) is 5.42. The van der Waals surface area contributed by atoms with E-state index in [0.717, 1.165) is 46.4 Å². The van der Waals surface area contributed by atoms with Crippen molar-refractivity contribution in [3.63, 3.8) is 0 Å². The van der Waals surface area contributed by atoms with Gasteiger partial charge < -0.3 is 14.7 Å². The molecule has 1 unspecified atom stereocenters. The molecule has 1 aromatic carbocycles. The molecule has 1 aliphatic carbocycles. The summed E-state index contributed by atoms with van der Waals surface area (Å²) >= 11 is 6.25. The lowest BCUT2D eigenvalue weighted by Crippen LogP contribution is -2.44. The number of aromatic nitrogens is 1. The van der Waals surface area contributed by atoms with Gasteiger partial charge in [-0.05, 0) is 66.6 Å². The lowest BCUT2D eigenvalue weighted by Gasteiger charge is -2.33. The van der Waals surface area contributed by atoms with Gasteiger partial charge in [0.1, 0.15) is 0 Å². The molecule has 2 heterocycles. The molecule has 1 fully saturated rings. The van der Waals surface area contributed by atoms with Crippen LogP contribution in [0.1, 0.15) is 35.7 Å². The number of aliphatic hydroxyl groups excluding tert-OH is 1. The number of piperidine rings is 1. The molecule has 0 spiro atoms. The second-order valence-corrected chi connectivity index (χ2v) is 7.56. The van der Waals surface area contributed by atoms with Crippen molar-refractivity contribution >= 4 is 23.3 Å². The number of pyridine rings is 1. The van der Waals surface area contributed by atoms with E-state index in [9.17, 15) is 9.90 Å². The summed E-state index contributed by atoms with van der Waals surface area (Å²) < 4.78 is 5.09. The molecule has 0 saturated carbocycles. The van der Waals surface area contributed by atoms with Crippen LogP contribution in [-0.4, -0.2) is 46.9 Å². The maximum absolute atomic E-state index is 12.1. The number of hydrogen-bond donors (Lipinski definition) is 1. The normalized spacial score (nSPS) is 21.5. The highest BCUT2D eigenvalue weighted by atomic mass is 35.5. The van der Waals surface area contributed by atoms with Gasteiger partial charge in [-0.2, -0.15) is 0 Å². The zero-order valence-electron chi connectivity index (χ0n) is 15.8. The number of aryl methyl sites for hydroxylation is 2. The van der Waals surface area contributed by atoms with Crippen molar-refractivity contribution in [1.29, 1.82) is 0 Å². The fourth-order valence-electron chi connectivity index (χ4n) is 4.10. The Balaban J connectivity index is 1.81. The van der Waals surface area contributed by atoms with Crippen LogP contribution < -0.4 is 0 Å². The van der Waals surface area contributed by atoms with Crippen molar-refractivity contribution < 1.29 is 14.6 Å². The van der Waals surface area contributed by atoms with Crippen LogP contribution in [0.3, 0.4) is 0 Å². The van der Waals surface area contributed by atoms with Gasteiger partial charge in [0, 0.05) is 23.3 Å². The molecule has 2 aromatic rings. The highest BCUT2D eigenvalue weighted by Gasteiger charge is 2.31. The number of rotatable bonds is 1. The van der Waals surface area contributed by atoms with Crippen LogP contribution in [0.25, 0.3) is 5.57 Å². The number of carbonyl (C=O) groups excluding carboxylic acids is 1. The number of β-amino-alcohol motifs (C(OH)–C–C–N with tert-alkyl or cyclic N) is 1. The van der Waals surface area contributed by atoms with E-state index in [-0.39, 0.29) is 12.6 Å². The minimum atomic E-state index is -0.760. The zero-order chi connectivity index (χ0) is 19.7. The Morgan fingerprint density at radius 1 is 1.29 bits per heavy atom. The van der Waals surface area contributed by atoms with E-state index in [0.29, 0.717) is 24.6 Å². The Kier molecular flexibility index (Phi) is 5.38. The van der Waals surface area contributed by atoms with Gasteiger partial charge in [-0.25, -0.2) is 4.79 Å². The Hall–Kier alpha value is -2.37. The smallest absolute Gasteiger partial charge is 0.409 e. The second kappa shape index (κ2) is 7.94. The summed E-state index contributed by atoms with van der Waals surface area (Å²) in [4.78, 5) is 18.3. The summed E-state index contributed by atoms with van der Waals surface area (Å²) in [6, 6.07) is 9.95. The number of benzene rings is 1. The van der Waals surface area contributed by atoms with Crippen LogP contribution in [-0.2, 0) is 17.6 Å². The summed E-state index contributed by atoms with van der Waals surface area (Å²) in [5, 5.41) is 11.7. The summed E-state index contributed by atoms with van der Waals surface area (Å²) in [5.74, 6) is 0. The average molecular weight is 399 g/mol. The van der Waals surface area contributed by atoms with Crippen LogP contribution >= 0.6 is 11.6 Å². The predicted octanol–water partition coefficient (Wildman–Crippen LogP) is 3.86. The first-order valence-electron chi connectivity index (χ1n) is 9.64. The molecule has 1 atom stereocenters. The molecule has 5 nitrogen and oxygen atoms in total. The predicted molar refractivity (Wildman–Crippen MR) is 108 cm³/mol. The first kappa shape index (κ1) is 19.0. The molecule has 0 radical (unpaired) electrons. The zero-order valence-corrected chi connectivity index (χ0v) is 16.6. The number of halogens is 1. The van der Waals surface area contributed by atoms with Crippen LogP contribution in [0, 0.1) is 0 Å². The topological polar surface area (TPSA) is 62.7 Å². The maximum Gasteiger partial charge on any atom is 0.409 e. The van der Waals surface area contributed by atoms with Gasteiger partial charge in [-0.3, -0.25) is 4.98 Å². The highest BCUT2D eigenvalue weighted by Crippen LogP contribution is 2.38. The van der Waals surface area contributed by atoms with Crippen LogP contribution in [0.15, 0.2) is 42.1 Å². The average Bonchev–Trinajstić information content (AvgIpc) is 2.85. The lowest BCUT2D eigenvalue weighted by atomic mass is 9.87. The van der Waals surface area contributed by atoms with Crippen LogP contribution in [0.2, 0.25) is 5.02 Å². The number of fused-ring (bicyclic) bond motifs is 2. The van der Waals surface area contributed by atoms with Gasteiger partial charge in [0.15, 0.2) is 0 Å². The first-order chi connectivity index (χ1) is 13.6. The van der Waals surface area contributed by atoms with E-state index in [4.69, 9.17) is 16.3 Å². The van der Waals surface area contributed by atoms with E-state index in [1.54, 1.807) is 18.0 Å². The molecule has 1 aromatic heterocycles. The summed E-state index contributed by atoms with van der Waals surface area (Å²) in [7, 11) is 0. The summed E-state index contributed by atoms with van der Waals surface area (Å²) in [6.07, 6.45) is 2.98. The largest absolute Gasteiger partial charge is 0.450 e. The maximum atomic E-state index is 12.1. The van der Waals surface area contributed by atoms with Crippen molar-refractivity contribution in [2.45, 2.75) is 32.3 Å². The molecule has 1 N–H and O–H groups in total. The van der Waals surface area contributed by atoms with Crippen molar-refractivity contribution in [3.8, 4) is 0 Å². The van der Waals surface area contributed by atoms with Crippen molar-refractivity contribution in [2.75, 3.05) is 19.7 Å². The molecular formula is C22H23ClN2O3. The third kappa shape index (κ3) is 3.52. The molecule has 2 aliphatic rings. The number of ether oxygens (including phenoxy) is 1. The lowest BCUT2D eigenvalue weighted by molar-refractivity contribution is 0.0731. The third-order valence-corrected chi connectivity index (χ3v) is 5.66. The van der Waals surface area contributed by atoms with Gasteiger partial charge in [0.2, 0.25) is 0 Å². The summed E-state index contributed by atoms with van der Waals surface area (Å²) in [6.45, 7) is 2.84. The molecule has 6 heteroatoms. The Morgan fingerprint density at radius 2 is 2.11 bits per heavy atom. The first-order valence-corrected chi connectivity index (χ1v) is 10.0. The summed E-state index contributed by atoms with van der Waals surface area (Å²) in [5.41, 5.74) is 6.22. The van der Waals surface area contributed by atoms with Crippen molar-refractivity contribution in [2.24, 2.45) is 0 Å². The molecule has 1 amide bonds. The Labute approximate surface area is 169 Å². The molecule has 0 bridgehead atoms.